The summed E-state index contributed by atoms with van der Waals surface area (Å²) in [7, 11) is 1.57. The minimum absolute atomic E-state index is 0.0988. The lowest BCUT2D eigenvalue weighted by molar-refractivity contribution is -0.137. The van der Waals surface area contributed by atoms with Crippen molar-refractivity contribution in [1.82, 2.24) is 14.9 Å². The van der Waals surface area contributed by atoms with Gasteiger partial charge < -0.3 is 24.8 Å². The zero-order valence-electron chi connectivity index (χ0n) is 30.5. The number of nitrogens with one attached hydrogen (secondary N) is 1. The molecule has 6 rings (SSSR count). The van der Waals surface area contributed by atoms with Crippen LogP contribution in [0.15, 0.2) is 91.3 Å². The number of carbonyl (C=O) groups excluding carboxylic acids is 2. The maximum Gasteiger partial charge on any atom is 0.323 e. The lowest BCUT2D eigenvalue weighted by Gasteiger charge is -2.35. The van der Waals surface area contributed by atoms with Gasteiger partial charge in [0.05, 0.1) is 7.11 Å². The van der Waals surface area contributed by atoms with E-state index in [0.717, 1.165) is 47.3 Å². The molecular formula is C43H48N4O6. The quantitative estimate of drug-likeness (QED) is 0.133. The van der Waals surface area contributed by atoms with Crippen LogP contribution in [0.5, 0.6) is 11.5 Å². The lowest BCUT2D eigenvalue weighted by Crippen LogP contribution is -2.35. The molecule has 1 saturated carbocycles. The van der Waals surface area contributed by atoms with Crippen LogP contribution in [-0.4, -0.2) is 58.0 Å². The van der Waals surface area contributed by atoms with Crippen LogP contribution in [0.1, 0.15) is 79.8 Å². The molecule has 1 atom stereocenters. The molecule has 0 radical (unpaired) electrons. The van der Waals surface area contributed by atoms with E-state index >= 15 is 0 Å². The van der Waals surface area contributed by atoms with Gasteiger partial charge in [0.25, 0.3) is 11.8 Å². The third-order valence-electron chi connectivity index (χ3n) is 10.7. The molecule has 53 heavy (non-hydrogen) atoms. The van der Waals surface area contributed by atoms with Crippen molar-refractivity contribution in [1.29, 1.82) is 0 Å². The molecule has 0 bridgehead atoms. The van der Waals surface area contributed by atoms with Crippen LogP contribution in [0.3, 0.4) is 0 Å². The molecule has 0 spiro atoms. The Labute approximate surface area is 311 Å². The summed E-state index contributed by atoms with van der Waals surface area (Å²) >= 11 is 0. The van der Waals surface area contributed by atoms with E-state index in [9.17, 15) is 19.5 Å². The van der Waals surface area contributed by atoms with Gasteiger partial charge in [-0.15, -0.1) is 0 Å². The number of methoxy groups -OCH3 is 1. The molecule has 10 nitrogen and oxygen atoms in total. The highest BCUT2D eigenvalue weighted by atomic mass is 16.5. The second kappa shape index (κ2) is 17.8. The zero-order chi connectivity index (χ0) is 37.2. The fourth-order valence-corrected chi connectivity index (χ4v) is 7.49. The van der Waals surface area contributed by atoms with Gasteiger partial charge in [-0.25, -0.2) is 9.97 Å². The Balaban J connectivity index is 1.01. The highest BCUT2D eigenvalue weighted by molar-refractivity contribution is 5.97. The van der Waals surface area contributed by atoms with Gasteiger partial charge in [-0.1, -0.05) is 56.5 Å². The van der Waals surface area contributed by atoms with Gasteiger partial charge >= 0.3 is 5.97 Å². The molecule has 4 aromatic rings. The number of rotatable bonds is 14. The fourth-order valence-electron chi connectivity index (χ4n) is 7.49. The number of carboxylic acid groups (broad SMARTS) is 1. The zero-order valence-corrected chi connectivity index (χ0v) is 30.5. The van der Waals surface area contributed by atoms with Gasteiger partial charge in [0.1, 0.15) is 18.0 Å². The number of hydrogen-bond acceptors (Lipinski definition) is 7. The minimum Gasteiger partial charge on any atom is -0.497 e. The first-order valence-electron chi connectivity index (χ1n) is 18.6. The largest absolute Gasteiger partial charge is 0.497 e. The predicted molar refractivity (Wildman–Crippen MR) is 204 cm³/mol. The van der Waals surface area contributed by atoms with Crippen molar-refractivity contribution in [3.63, 3.8) is 0 Å². The van der Waals surface area contributed by atoms with Crippen LogP contribution in [0.2, 0.25) is 0 Å². The summed E-state index contributed by atoms with van der Waals surface area (Å²) in [6, 6.07) is 20.7. The average molecular weight is 717 g/mol. The van der Waals surface area contributed by atoms with Crippen LogP contribution >= 0.6 is 0 Å². The molecule has 0 aliphatic heterocycles. The summed E-state index contributed by atoms with van der Waals surface area (Å²) in [5.74, 6) is 2.50. The van der Waals surface area contributed by atoms with Crippen LogP contribution in [-0.2, 0) is 16.1 Å². The fraction of sp³-hybridized carbons (Fsp3) is 0.372. The van der Waals surface area contributed by atoms with E-state index in [2.05, 4.69) is 28.3 Å². The van der Waals surface area contributed by atoms with E-state index < -0.39 is 18.4 Å². The van der Waals surface area contributed by atoms with Crippen molar-refractivity contribution < 1.29 is 29.0 Å². The lowest BCUT2D eigenvalue weighted by atomic mass is 9.71. The Bertz CT molecular complexity index is 1870. The van der Waals surface area contributed by atoms with E-state index in [-0.39, 0.29) is 19.1 Å². The molecule has 1 unspecified atom stereocenters. The highest BCUT2D eigenvalue weighted by Gasteiger charge is 2.28. The van der Waals surface area contributed by atoms with Crippen LogP contribution in [0, 0.1) is 17.8 Å². The number of amides is 2. The van der Waals surface area contributed by atoms with Crippen molar-refractivity contribution in [2.75, 3.05) is 25.6 Å². The molecule has 2 amide bonds. The Morgan fingerprint density at radius 1 is 0.830 bits per heavy atom. The van der Waals surface area contributed by atoms with E-state index in [4.69, 9.17) is 9.47 Å². The summed E-state index contributed by atoms with van der Waals surface area (Å²) in [5.41, 5.74) is 4.80. The van der Waals surface area contributed by atoms with Gasteiger partial charge in [0, 0.05) is 41.3 Å². The van der Waals surface area contributed by atoms with E-state index in [1.54, 1.807) is 55.6 Å². The second-order valence-corrected chi connectivity index (χ2v) is 14.1. The third kappa shape index (κ3) is 10.1. The van der Waals surface area contributed by atoms with Crippen LogP contribution in [0.25, 0.3) is 17.0 Å². The molecule has 3 aromatic carbocycles. The van der Waals surface area contributed by atoms with E-state index in [1.165, 1.54) is 49.0 Å². The number of ether oxygens (including phenoxy) is 2. The Kier molecular flexibility index (Phi) is 12.5. The molecule has 2 aliphatic carbocycles. The number of hydrogen-bond donors (Lipinski definition) is 2. The summed E-state index contributed by atoms with van der Waals surface area (Å²) in [4.78, 5) is 48.2. The number of carbonyl (C=O) groups is 3. The van der Waals surface area contributed by atoms with Crippen LogP contribution in [0.4, 0.5) is 5.69 Å². The summed E-state index contributed by atoms with van der Waals surface area (Å²) in [6.45, 7) is 1.75. The molecule has 2 N–H and O–H groups in total. The SMILES string of the molecule is CC[C@H]1CC[C@H](C2CC=C(c3cnc(-c4ccc(CN(CC(=O)O)C(=O)c5ccc(NC(=O)COc6ccc(OC)cc6)cc5)cc4)nc3)CC2)CC1. The van der Waals surface area contributed by atoms with E-state index in [0.29, 0.717) is 28.6 Å². The summed E-state index contributed by atoms with van der Waals surface area (Å²) in [5, 5.41) is 12.3. The molecule has 0 saturated heterocycles. The molecule has 2 aliphatic rings. The van der Waals surface area contributed by atoms with Gasteiger partial charge in [-0.2, -0.15) is 0 Å². The molecule has 276 valence electrons. The second-order valence-electron chi connectivity index (χ2n) is 14.1. The Hall–Kier alpha value is -5.51. The standard InChI is InChI=1S/C43H48N4O6/c1-3-29-4-8-31(9-5-29)32-12-14-33(15-13-32)36-24-44-42(45-25-36)34-10-6-30(7-11-34)26-47(27-41(49)50)43(51)35-16-18-37(19-17-35)46-40(48)28-53-39-22-20-38(52-2)21-23-39/h6-7,10-11,14,16-25,29,31-32H,3-5,8-9,12-13,15,26-28H2,1-2H3,(H,46,48)(H,49,50)/t29-,31-,32?. The number of nitrogens with zero attached hydrogens (tertiary/aromatic N) is 3. The van der Waals surface area contributed by atoms with Crippen molar-refractivity contribution in [3.8, 4) is 22.9 Å². The first-order chi connectivity index (χ1) is 25.8. The molecule has 1 aromatic heterocycles. The molecule has 10 heteroatoms. The molecule has 1 fully saturated rings. The van der Waals surface area contributed by atoms with Crippen molar-refractivity contribution >= 4 is 29.0 Å². The predicted octanol–water partition coefficient (Wildman–Crippen LogP) is 8.30. The van der Waals surface area contributed by atoms with Crippen LogP contribution < -0.4 is 14.8 Å². The normalized spacial score (nSPS) is 18.4. The number of carboxylic acids is 1. The van der Waals surface area contributed by atoms with Gasteiger partial charge in [-0.05, 0) is 110 Å². The van der Waals surface area contributed by atoms with Gasteiger partial charge in [0.2, 0.25) is 0 Å². The first-order valence-corrected chi connectivity index (χ1v) is 18.6. The Morgan fingerprint density at radius 2 is 1.51 bits per heavy atom. The minimum atomic E-state index is -1.12. The number of anilines is 1. The van der Waals surface area contributed by atoms with Gasteiger partial charge in [0.15, 0.2) is 12.4 Å². The topological polar surface area (TPSA) is 131 Å². The van der Waals surface area contributed by atoms with Crippen molar-refractivity contribution in [3.05, 3.63) is 108 Å². The Morgan fingerprint density at radius 3 is 2.11 bits per heavy atom. The number of allylic oxidation sites excluding steroid dienone is 2. The van der Waals surface area contributed by atoms with Crippen molar-refractivity contribution in [2.24, 2.45) is 17.8 Å². The highest BCUT2D eigenvalue weighted by Crippen LogP contribution is 2.41. The summed E-state index contributed by atoms with van der Waals surface area (Å²) < 4.78 is 10.6. The van der Waals surface area contributed by atoms with E-state index in [1.807, 2.05) is 36.7 Å². The smallest absolute Gasteiger partial charge is 0.323 e. The van der Waals surface area contributed by atoms with Gasteiger partial charge in [-0.3, -0.25) is 14.4 Å². The molecular weight excluding hydrogens is 668 g/mol. The number of aliphatic carboxylic acids is 1. The first kappa shape index (κ1) is 37.3. The maximum atomic E-state index is 13.4. The van der Waals surface area contributed by atoms with Crippen molar-refractivity contribution in [2.45, 2.75) is 64.8 Å². The monoisotopic (exact) mass is 716 g/mol. The maximum absolute atomic E-state index is 13.4. The summed E-state index contributed by atoms with van der Waals surface area (Å²) in [6.07, 6.45) is 16.6. The third-order valence-corrected chi connectivity index (χ3v) is 10.7. The number of aromatic nitrogens is 2. The number of benzene rings is 3. The molecule has 1 heterocycles. The average Bonchev–Trinajstić information content (AvgIpc) is 3.20.